The topological polar surface area (TPSA) is 74.7 Å². The van der Waals surface area contributed by atoms with E-state index in [2.05, 4.69) is 10.1 Å². The van der Waals surface area contributed by atoms with E-state index in [0.29, 0.717) is 5.56 Å². The normalized spacial score (nSPS) is 11.4. The molecule has 0 spiro atoms. The van der Waals surface area contributed by atoms with E-state index in [-0.39, 0.29) is 5.84 Å². The molecule has 0 saturated carbocycles. The van der Waals surface area contributed by atoms with Crippen LogP contribution in [0.3, 0.4) is 0 Å². The second kappa shape index (κ2) is 5.39. The molecule has 0 atom stereocenters. The molecule has 5 heteroatoms. The van der Waals surface area contributed by atoms with Crippen molar-refractivity contribution in [1.29, 1.82) is 0 Å². The van der Waals surface area contributed by atoms with Crippen molar-refractivity contribution >= 4 is 17.2 Å². The maximum Gasteiger partial charge on any atom is 0.170 e. The summed E-state index contributed by atoms with van der Waals surface area (Å²) in [5, 5.41) is 11.7. The van der Waals surface area contributed by atoms with Gasteiger partial charge in [0.2, 0.25) is 0 Å². The van der Waals surface area contributed by atoms with Gasteiger partial charge in [0.1, 0.15) is 0 Å². The highest BCUT2D eigenvalue weighted by atomic mass is 16.4. The molecule has 0 bridgehead atoms. The van der Waals surface area contributed by atoms with E-state index < -0.39 is 0 Å². The summed E-state index contributed by atoms with van der Waals surface area (Å²) in [5.41, 5.74) is 9.22. The number of benzene rings is 1. The molecule has 1 aromatic carbocycles. The predicted molar refractivity (Wildman–Crippen MR) is 76.0 cm³/mol. The van der Waals surface area contributed by atoms with Crippen LogP contribution in [0.15, 0.2) is 47.8 Å². The molecule has 0 aliphatic carbocycles. The Labute approximate surface area is 112 Å². The van der Waals surface area contributed by atoms with Crippen molar-refractivity contribution in [2.75, 3.05) is 11.9 Å². The van der Waals surface area contributed by atoms with Crippen molar-refractivity contribution in [2.45, 2.75) is 6.92 Å². The summed E-state index contributed by atoms with van der Waals surface area (Å²) in [6, 6.07) is 11.4. The molecule has 0 radical (unpaired) electrons. The van der Waals surface area contributed by atoms with Crippen LogP contribution in [0, 0.1) is 6.92 Å². The largest absolute Gasteiger partial charge is 0.409 e. The molecule has 3 N–H and O–H groups in total. The summed E-state index contributed by atoms with van der Waals surface area (Å²) in [6.45, 7) is 1.95. The van der Waals surface area contributed by atoms with Gasteiger partial charge in [-0.15, -0.1) is 0 Å². The lowest BCUT2D eigenvalue weighted by Crippen LogP contribution is -2.15. The highest BCUT2D eigenvalue weighted by Gasteiger charge is 2.06. The van der Waals surface area contributed by atoms with Gasteiger partial charge in [-0.2, -0.15) is 0 Å². The molecule has 2 rings (SSSR count). The summed E-state index contributed by atoms with van der Waals surface area (Å²) < 4.78 is 0. The zero-order valence-corrected chi connectivity index (χ0v) is 10.9. The molecule has 0 unspecified atom stereocenters. The molecule has 0 fully saturated rings. The first kappa shape index (κ1) is 12.9. The molecular weight excluding hydrogens is 240 g/mol. The molecule has 1 heterocycles. The van der Waals surface area contributed by atoms with Crippen molar-refractivity contribution in [1.82, 2.24) is 4.98 Å². The Morgan fingerprint density at radius 1 is 1.26 bits per heavy atom. The number of hydrogen-bond donors (Lipinski definition) is 2. The van der Waals surface area contributed by atoms with Crippen molar-refractivity contribution in [3.05, 3.63) is 53.9 Å². The van der Waals surface area contributed by atoms with Crippen LogP contribution in [-0.2, 0) is 0 Å². The van der Waals surface area contributed by atoms with Crippen LogP contribution in [0.2, 0.25) is 0 Å². The third kappa shape index (κ3) is 2.82. The van der Waals surface area contributed by atoms with Crippen LogP contribution in [0.4, 0.5) is 11.4 Å². The summed E-state index contributed by atoms with van der Waals surface area (Å²) in [4.78, 5) is 6.19. The minimum absolute atomic E-state index is 0.0983. The second-order valence-corrected chi connectivity index (χ2v) is 4.25. The Kier molecular flexibility index (Phi) is 3.66. The van der Waals surface area contributed by atoms with Crippen molar-refractivity contribution in [3.8, 4) is 0 Å². The van der Waals surface area contributed by atoms with Gasteiger partial charge in [-0.25, -0.2) is 0 Å². The fraction of sp³-hybridized carbons (Fsp3) is 0.143. The first-order chi connectivity index (χ1) is 9.11. The van der Waals surface area contributed by atoms with Crippen molar-refractivity contribution in [2.24, 2.45) is 10.9 Å². The van der Waals surface area contributed by atoms with Crippen molar-refractivity contribution in [3.63, 3.8) is 0 Å². The fourth-order valence-electron chi connectivity index (χ4n) is 1.82. The highest BCUT2D eigenvalue weighted by Crippen LogP contribution is 2.24. The van der Waals surface area contributed by atoms with Gasteiger partial charge in [-0.1, -0.05) is 17.3 Å². The molecule has 0 saturated heterocycles. The minimum atomic E-state index is 0.0983. The third-order valence-corrected chi connectivity index (χ3v) is 2.90. The number of rotatable bonds is 3. The number of hydrogen-bond acceptors (Lipinski definition) is 4. The van der Waals surface area contributed by atoms with E-state index in [1.165, 1.54) is 0 Å². The molecule has 5 nitrogen and oxygen atoms in total. The number of nitrogens with two attached hydrogens (primary N) is 1. The molecule has 0 aliphatic heterocycles. The smallest absolute Gasteiger partial charge is 0.170 e. The third-order valence-electron chi connectivity index (χ3n) is 2.90. The fourth-order valence-corrected chi connectivity index (χ4v) is 1.82. The Balaban J connectivity index is 2.36. The van der Waals surface area contributed by atoms with E-state index in [0.717, 1.165) is 17.1 Å². The van der Waals surface area contributed by atoms with Gasteiger partial charge in [0.25, 0.3) is 0 Å². The maximum absolute atomic E-state index is 8.71. The number of amidine groups is 1. The number of aromatic nitrogens is 1. The minimum Gasteiger partial charge on any atom is -0.409 e. The van der Waals surface area contributed by atoms with Crippen LogP contribution in [0.25, 0.3) is 0 Å². The molecule has 2 aromatic rings. The van der Waals surface area contributed by atoms with Crippen LogP contribution >= 0.6 is 0 Å². The lowest BCUT2D eigenvalue weighted by atomic mass is 10.1. The first-order valence-corrected chi connectivity index (χ1v) is 5.86. The number of aryl methyl sites for hydroxylation is 1. The first-order valence-electron chi connectivity index (χ1n) is 5.86. The zero-order chi connectivity index (χ0) is 13.8. The van der Waals surface area contributed by atoms with Gasteiger partial charge in [-0.3, -0.25) is 4.98 Å². The van der Waals surface area contributed by atoms with Gasteiger partial charge in [-0.05, 0) is 31.2 Å². The average Bonchev–Trinajstić information content (AvgIpc) is 2.45. The van der Waals surface area contributed by atoms with Gasteiger partial charge in [0.05, 0.1) is 0 Å². The Morgan fingerprint density at radius 2 is 2.00 bits per heavy atom. The summed E-state index contributed by atoms with van der Waals surface area (Å²) in [6.07, 6.45) is 1.77. The van der Waals surface area contributed by atoms with Gasteiger partial charge in [0.15, 0.2) is 5.84 Å². The molecule has 0 amide bonds. The summed E-state index contributed by atoms with van der Waals surface area (Å²) in [5.74, 6) is 0.0983. The summed E-state index contributed by atoms with van der Waals surface area (Å²) >= 11 is 0. The molecule has 0 aliphatic rings. The van der Waals surface area contributed by atoms with E-state index in [1.54, 1.807) is 12.3 Å². The number of oxime groups is 1. The SMILES string of the molecule is Cc1cc(N(C)c2cccc(/C(N)=N/O)c2)ccn1. The number of anilines is 2. The standard InChI is InChI=1S/C14H16N4O/c1-10-8-13(6-7-16-10)18(2)12-5-3-4-11(9-12)14(15)17-19/h3-9,19H,1-2H3,(H2,15,17). The zero-order valence-electron chi connectivity index (χ0n) is 10.9. The van der Waals surface area contributed by atoms with E-state index in [9.17, 15) is 0 Å². The number of nitrogens with zero attached hydrogens (tertiary/aromatic N) is 3. The Bertz CT molecular complexity index is 610. The predicted octanol–water partition coefficient (Wildman–Crippen LogP) is 2.25. The average molecular weight is 256 g/mol. The Morgan fingerprint density at radius 3 is 2.68 bits per heavy atom. The van der Waals surface area contributed by atoms with Crippen LogP contribution in [0.1, 0.15) is 11.3 Å². The van der Waals surface area contributed by atoms with Crippen LogP contribution in [0.5, 0.6) is 0 Å². The summed E-state index contributed by atoms with van der Waals surface area (Å²) in [7, 11) is 1.96. The highest BCUT2D eigenvalue weighted by molar-refractivity contribution is 5.98. The van der Waals surface area contributed by atoms with E-state index >= 15 is 0 Å². The lowest BCUT2D eigenvalue weighted by molar-refractivity contribution is 0.318. The van der Waals surface area contributed by atoms with Crippen LogP contribution < -0.4 is 10.6 Å². The van der Waals surface area contributed by atoms with Crippen molar-refractivity contribution < 1.29 is 5.21 Å². The molecule has 98 valence electrons. The molecule has 1 aromatic heterocycles. The lowest BCUT2D eigenvalue weighted by Gasteiger charge is -2.20. The van der Waals surface area contributed by atoms with E-state index in [4.69, 9.17) is 10.9 Å². The molecular formula is C14H16N4O. The van der Waals surface area contributed by atoms with Gasteiger partial charge in [0, 0.05) is 35.9 Å². The van der Waals surface area contributed by atoms with E-state index in [1.807, 2.05) is 49.2 Å². The monoisotopic (exact) mass is 256 g/mol. The maximum atomic E-state index is 8.71. The Hall–Kier alpha value is -2.56. The van der Waals surface area contributed by atoms with Gasteiger partial charge >= 0.3 is 0 Å². The second-order valence-electron chi connectivity index (χ2n) is 4.25. The number of pyridine rings is 1. The quantitative estimate of drug-likeness (QED) is 0.382. The van der Waals surface area contributed by atoms with Crippen LogP contribution in [-0.4, -0.2) is 23.1 Å². The van der Waals surface area contributed by atoms with Gasteiger partial charge < -0.3 is 15.8 Å². The molecule has 19 heavy (non-hydrogen) atoms.